The van der Waals surface area contributed by atoms with E-state index in [1.54, 1.807) is 6.07 Å². The molecule has 0 fully saturated rings. The molecule has 2 aromatic carbocycles. The molecule has 0 saturated carbocycles. The number of anilines is 1. The number of methoxy groups -OCH3 is 1. The van der Waals surface area contributed by atoms with Gasteiger partial charge in [-0.2, -0.15) is 0 Å². The molecule has 0 spiro atoms. The van der Waals surface area contributed by atoms with Gasteiger partial charge in [-0.3, -0.25) is 9.59 Å². The lowest BCUT2D eigenvalue weighted by Gasteiger charge is -2.14. The van der Waals surface area contributed by atoms with E-state index in [2.05, 4.69) is 5.32 Å². The third-order valence-electron chi connectivity index (χ3n) is 3.37. The van der Waals surface area contributed by atoms with Crippen LogP contribution in [0.1, 0.15) is 12.5 Å². The first-order valence-electron chi connectivity index (χ1n) is 7.57. The molecule has 8 heteroatoms. The molecule has 26 heavy (non-hydrogen) atoms. The molecule has 2 aromatic rings. The highest BCUT2D eigenvalue weighted by Gasteiger charge is 2.19. The number of nitrogens with one attached hydrogen (secondary N) is 1. The van der Waals surface area contributed by atoms with E-state index < -0.39 is 23.8 Å². The highest BCUT2D eigenvalue weighted by Crippen LogP contribution is 2.23. The lowest BCUT2D eigenvalue weighted by atomic mass is 10.1. The average molecular weight is 400 g/mol. The molecule has 1 N–H and O–H groups in total. The summed E-state index contributed by atoms with van der Waals surface area (Å²) < 4.78 is 23.5. The van der Waals surface area contributed by atoms with Crippen molar-refractivity contribution >= 4 is 40.8 Å². The number of benzene rings is 2. The zero-order chi connectivity index (χ0) is 19.3. The molecule has 0 bridgehead atoms. The van der Waals surface area contributed by atoms with Crippen molar-refractivity contribution in [1.82, 2.24) is 0 Å². The van der Waals surface area contributed by atoms with Crippen LogP contribution in [0.5, 0.6) is 5.75 Å². The largest absolute Gasteiger partial charge is 0.494 e. The lowest BCUT2D eigenvalue weighted by molar-refractivity contribution is -0.152. The predicted molar refractivity (Wildman–Crippen MR) is 97.3 cm³/mol. The van der Waals surface area contributed by atoms with Crippen molar-refractivity contribution in [2.75, 3.05) is 12.4 Å². The van der Waals surface area contributed by atoms with Gasteiger partial charge in [0.2, 0.25) is 0 Å². The Bertz CT molecular complexity index is 809. The number of hydrogen-bond acceptors (Lipinski definition) is 4. The van der Waals surface area contributed by atoms with Crippen LogP contribution in [0.25, 0.3) is 0 Å². The fourth-order valence-corrected chi connectivity index (χ4v) is 2.67. The Morgan fingerprint density at radius 1 is 1.15 bits per heavy atom. The second-order valence-corrected chi connectivity index (χ2v) is 6.30. The molecule has 1 amide bonds. The number of amides is 1. The van der Waals surface area contributed by atoms with Crippen LogP contribution in [-0.2, 0) is 20.7 Å². The first kappa shape index (κ1) is 20.0. The van der Waals surface area contributed by atoms with Crippen LogP contribution < -0.4 is 10.1 Å². The first-order chi connectivity index (χ1) is 12.3. The summed E-state index contributed by atoms with van der Waals surface area (Å²) in [6.07, 6.45) is -1.23. The quantitative estimate of drug-likeness (QED) is 0.737. The SMILES string of the molecule is COc1ccc(CC(=O)O[C@@H](C)C(=O)Nc2cc(Cl)cc(Cl)c2)cc1F. The maximum absolute atomic E-state index is 13.6. The third-order valence-corrected chi connectivity index (χ3v) is 3.81. The van der Waals surface area contributed by atoms with E-state index in [4.69, 9.17) is 32.7 Å². The van der Waals surface area contributed by atoms with Gasteiger partial charge in [-0.1, -0.05) is 29.3 Å². The monoisotopic (exact) mass is 399 g/mol. The first-order valence-corrected chi connectivity index (χ1v) is 8.33. The summed E-state index contributed by atoms with van der Waals surface area (Å²) in [4.78, 5) is 24.1. The third kappa shape index (κ3) is 5.61. The summed E-state index contributed by atoms with van der Waals surface area (Å²) in [6, 6.07) is 8.69. The van der Waals surface area contributed by atoms with Crippen molar-refractivity contribution in [2.45, 2.75) is 19.4 Å². The fraction of sp³-hybridized carbons (Fsp3) is 0.222. The molecule has 0 radical (unpaired) electrons. The van der Waals surface area contributed by atoms with Gasteiger partial charge in [0.25, 0.3) is 5.91 Å². The van der Waals surface area contributed by atoms with Crippen LogP contribution >= 0.6 is 23.2 Å². The molecule has 5 nitrogen and oxygen atoms in total. The molecule has 0 unspecified atom stereocenters. The van der Waals surface area contributed by atoms with Crippen molar-refractivity contribution in [1.29, 1.82) is 0 Å². The van der Waals surface area contributed by atoms with Gasteiger partial charge >= 0.3 is 5.97 Å². The highest BCUT2D eigenvalue weighted by atomic mass is 35.5. The molecule has 0 aromatic heterocycles. The molecule has 0 saturated heterocycles. The van der Waals surface area contributed by atoms with E-state index >= 15 is 0 Å². The zero-order valence-electron chi connectivity index (χ0n) is 14.0. The van der Waals surface area contributed by atoms with Crippen LogP contribution in [0.3, 0.4) is 0 Å². The van der Waals surface area contributed by atoms with Gasteiger partial charge in [0, 0.05) is 15.7 Å². The van der Waals surface area contributed by atoms with E-state index in [0.717, 1.165) is 0 Å². The van der Waals surface area contributed by atoms with Crippen molar-refractivity contribution in [3.63, 3.8) is 0 Å². The van der Waals surface area contributed by atoms with Gasteiger partial charge in [-0.05, 0) is 42.8 Å². The van der Waals surface area contributed by atoms with Crippen LogP contribution in [0.2, 0.25) is 10.0 Å². The van der Waals surface area contributed by atoms with Gasteiger partial charge in [0.05, 0.1) is 13.5 Å². The van der Waals surface area contributed by atoms with Gasteiger partial charge in [-0.15, -0.1) is 0 Å². The molecular formula is C18H16Cl2FNO4. The number of rotatable bonds is 6. The summed E-state index contributed by atoms with van der Waals surface area (Å²) in [5, 5.41) is 3.28. The van der Waals surface area contributed by atoms with E-state index in [1.165, 1.54) is 44.4 Å². The maximum Gasteiger partial charge on any atom is 0.311 e. The summed E-state index contributed by atoms with van der Waals surface area (Å²) in [7, 11) is 1.35. The Morgan fingerprint density at radius 2 is 1.81 bits per heavy atom. The Hall–Kier alpha value is -2.31. The van der Waals surface area contributed by atoms with Crippen molar-refractivity contribution < 1.29 is 23.5 Å². The van der Waals surface area contributed by atoms with E-state index in [9.17, 15) is 14.0 Å². The predicted octanol–water partition coefficient (Wildman–Crippen LogP) is 4.25. The highest BCUT2D eigenvalue weighted by molar-refractivity contribution is 6.35. The number of carbonyl (C=O) groups is 2. The second-order valence-electron chi connectivity index (χ2n) is 5.43. The zero-order valence-corrected chi connectivity index (χ0v) is 15.5. The Balaban J connectivity index is 1.93. The Kier molecular flexibility index (Phi) is 6.83. The van der Waals surface area contributed by atoms with Crippen molar-refractivity contribution in [3.8, 4) is 5.75 Å². The van der Waals surface area contributed by atoms with Crippen LogP contribution in [0, 0.1) is 5.82 Å². The van der Waals surface area contributed by atoms with Crippen LogP contribution in [0.15, 0.2) is 36.4 Å². The molecule has 138 valence electrons. The van der Waals surface area contributed by atoms with Gasteiger partial charge in [0.1, 0.15) is 0 Å². The number of ether oxygens (including phenoxy) is 2. The minimum absolute atomic E-state index is 0.0787. The van der Waals surface area contributed by atoms with E-state index in [-0.39, 0.29) is 12.2 Å². The van der Waals surface area contributed by atoms with Gasteiger partial charge in [0.15, 0.2) is 17.7 Å². The van der Waals surface area contributed by atoms with Crippen LogP contribution in [0.4, 0.5) is 10.1 Å². The summed E-state index contributed by atoms with van der Waals surface area (Å²) in [5.41, 5.74) is 0.787. The Labute approximate surface area is 160 Å². The topological polar surface area (TPSA) is 64.6 Å². The average Bonchev–Trinajstić information content (AvgIpc) is 2.53. The summed E-state index contributed by atoms with van der Waals surface area (Å²) in [5.74, 6) is -1.71. The normalized spacial score (nSPS) is 11.6. The molecular weight excluding hydrogens is 384 g/mol. The van der Waals surface area contributed by atoms with Crippen molar-refractivity contribution in [3.05, 3.63) is 57.8 Å². The van der Waals surface area contributed by atoms with Crippen molar-refractivity contribution in [2.24, 2.45) is 0 Å². The van der Waals surface area contributed by atoms with E-state index in [0.29, 0.717) is 21.3 Å². The standard InChI is InChI=1S/C18H16Cl2FNO4/c1-10(18(24)22-14-8-12(19)7-13(20)9-14)26-17(23)6-11-3-4-16(25-2)15(21)5-11/h3-5,7-10H,6H2,1-2H3,(H,22,24)/t10-/m0/s1. The number of hydrogen-bond donors (Lipinski definition) is 1. The smallest absolute Gasteiger partial charge is 0.311 e. The number of halogens is 3. The Morgan fingerprint density at radius 3 is 2.38 bits per heavy atom. The minimum Gasteiger partial charge on any atom is -0.494 e. The number of esters is 1. The summed E-state index contributed by atoms with van der Waals surface area (Å²) >= 11 is 11.7. The summed E-state index contributed by atoms with van der Waals surface area (Å²) in [6.45, 7) is 1.42. The molecule has 0 aliphatic rings. The molecule has 0 aliphatic carbocycles. The minimum atomic E-state index is -1.05. The van der Waals surface area contributed by atoms with Gasteiger partial charge in [-0.25, -0.2) is 4.39 Å². The fourth-order valence-electron chi connectivity index (χ4n) is 2.15. The molecule has 2 rings (SSSR count). The lowest BCUT2D eigenvalue weighted by Crippen LogP contribution is -2.30. The van der Waals surface area contributed by atoms with Gasteiger partial charge < -0.3 is 14.8 Å². The molecule has 0 aliphatic heterocycles. The maximum atomic E-state index is 13.6. The second kappa shape index (κ2) is 8.87. The van der Waals surface area contributed by atoms with Crippen LogP contribution in [-0.4, -0.2) is 25.1 Å². The van der Waals surface area contributed by atoms with E-state index in [1.807, 2.05) is 0 Å². The molecule has 0 heterocycles. The number of carbonyl (C=O) groups excluding carboxylic acids is 2. The molecule has 1 atom stereocenters.